The largest absolute Gasteiger partial charge is 2.00 e. The van der Waals surface area contributed by atoms with E-state index < -0.39 is 0 Å². The number of pyridine rings is 2. The zero-order valence-corrected chi connectivity index (χ0v) is 11.9. The van der Waals surface area contributed by atoms with E-state index in [1.165, 1.54) is 0 Å². The van der Waals surface area contributed by atoms with Crippen LogP contribution in [0.5, 0.6) is 0 Å². The van der Waals surface area contributed by atoms with Crippen molar-refractivity contribution >= 4 is 21.8 Å². The van der Waals surface area contributed by atoms with Gasteiger partial charge < -0.3 is 24.8 Å². The van der Waals surface area contributed by atoms with E-state index in [-0.39, 0.29) is 44.3 Å². The Balaban J connectivity index is 0.000000853. The Bertz CT molecular complexity index is 561. The van der Waals surface area contributed by atoms with Crippen molar-refractivity contribution in [3.63, 3.8) is 0 Å². The number of benzene rings is 1. The fourth-order valence-corrected chi connectivity index (χ4v) is 1.68. The molecule has 0 aliphatic heterocycles. The molecule has 0 radical (unpaired) electrons. The van der Waals surface area contributed by atoms with Gasteiger partial charge in [-0.05, 0) is 12.1 Å². The van der Waals surface area contributed by atoms with Crippen molar-refractivity contribution in [3.05, 3.63) is 48.8 Å². The Morgan fingerprint density at radius 2 is 1.06 bits per heavy atom. The average Bonchev–Trinajstić information content (AvgIpc) is 2.29. The normalized spacial score (nSPS) is 8.94. The minimum absolute atomic E-state index is 0. The molecule has 0 saturated heterocycles. The molecule has 0 aliphatic carbocycles. The van der Waals surface area contributed by atoms with Gasteiger partial charge in [0, 0.05) is 23.2 Å². The van der Waals surface area contributed by atoms with Crippen LogP contribution in [0.1, 0.15) is 0 Å². The van der Waals surface area contributed by atoms with E-state index in [0.717, 1.165) is 21.8 Å². The van der Waals surface area contributed by atoms with Crippen LogP contribution in [0.4, 0.5) is 0 Å². The van der Waals surface area contributed by atoms with Gasteiger partial charge in [0.05, 0.1) is 11.0 Å². The Morgan fingerprint density at radius 3 is 1.47 bits per heavy atom. The second-order valence-electron chi connectivity index (χ2n) is 3.22. The number of nitrogens with zero attached hydrogens (tertiary/aromatic N) is 2. The molecule has 88 valence electrons. The van der Waals surface area contributed by atoms with Crippen molar-refractivity contribution in [2.24, 2.45) is 0 Å². The van der Waals surface area contributed by atoms with E-state index in [1.807, 2.05) is 12.1 Å². The zero-order chi connectivity index (χ0) is 9.38. The second-order valence-corrected chi connectivity index (χ2v) is 3.22. The first-order chi connectivity index (χ1) is 6.95. The molecule has 0 fully saturated rings. The van der Waals surface area contributed by atoms with Gasteiger partial charge in [-0.15, -0.1) is 0 Å². The van der Waals surface area contributed by atoms with Gasteiger partial charge >= 0.3 is 19.5 Å². The molecule has 2 nitrogen and oxygen atoms in total. The van der Waals surface area contributed by atoms with Gasteiger partial charge in [0.1, 0.15) is 0 Å². The molecule has 2 heterocycles. The molecule has 2 aromatic heterocycles. The van der Waals surface area contributed by atoms with Gasteiger partial charge in [-0.1, -0.05) is 24.3 Å². The van der Waals surface area contributed by atoms with Crippen LogP contribution < -0.4 is 24.8 Å². The third kappa shape index (κ3) is 2.92. The van der Waals surface area contributed by atoms with Crippen LogP contribution in [-0.2, 0) is 19.5 Å². The van der Waals surface area contributed by atoms with E-state index in [0.29, 0.717) is 0 Å². The van der Waals surface area contributed by atoms with Gasteiger partial charge in [0.25, 0.3) is 0 Å². The molecule has 0 aliphatic rings. The van der Waals surface area contributed by atoms with Crippen LogP contribution in [0.15, 0.2) is 48.8 Å². The number of hydrogen-bond donors (Lipinski definition) is 0. The first-order valence-electron chi connectivity index (χ1n) is 4.53. The van der Waals surface area contributed by atoms with Crippen LogP contribution >= 0.6 is 0 Å². The molecule has 0 spiro atoms. The number of rotatable bonds is 0. The summed E-state index contributed by atoms with van der Waals surface area (Å²) in [7, 11) is 0. The number of fused-ring (bicyclic) bond motifs is 3. The second kappa shape index (κ2) is 6.85. The average molecular weight is 352 g/mol. The zero-order valence-electron chi connectivity index (χ0n) is 8.62. The summed E-state index contributed by atoms with van der Waals surface area (Å²) in [5.41, 5.74) is 1.95. The van der Waals surface area contributed by atoms with Crippen LogP contribution in [0.3, 0.4) is 0 Å². The van der Waals surface area contributed by atoms with Gasteiger partial charge in [-0.2, -0.15) is 0 Å². The van der Waals surface area contributed by atoms with Gasteiger partial charge in [-0.25, -0.2) is 0 Å². The molecule has 3 rings (SSSR count). The summed E-state index contributed by atoms with van der Waals surface area (Å²) >= 11 is 0. The SMILES string of the molecule is [Cl-].[Cl-].[Ru+2].c1cnc2c(c1)ccc1cccnc12. The Labute approximate surface area is 124 Å². The van der Waals surface area contributed by atoms with Crippen LogP contribution in [0, 0.1) is 0 Å². The van der Waals surface area contributed by atoms with Crippen LogP contribution in [0.2, 0.25) is 0 Å². The molecular weight excluding hydrogens is 344 g/mol. The van der Waals surface area contributed by atoms with Crippen molar-refractivity contribution in [1.82, 2.24) is 9.97 Å². The summed E-state index contributed by atoms with van der Waals surface area (Å²) in [6.07, 6.45) is 3.60. The Hall–Kier alpha value is -0.757. The molecule has 0 amide bonds. The van der Waals surface area contributed by atoms with Gasteiger partial charge in [-0.3, -0.25) is 9.97 Å². The van der Waals surface area contributed by atoms with Crippen molar-refractivity contribution in [2.75, 3.05) is 0 Å². The monoisotopic (exact) mass is 352 g/mol. The molecule has 0 bridgehead atoms. The van der Waals surface area contributed by atoms with Crippen molar-refractivity contribution in [3.8, 4) is 0 Å². The summed E-state index contributed by atoms with van der Waals surface area (Å²) in [6, 6.07) is 12.1. The van der Waals surface area contributed by atoms with E-state index in [4.69, 9.17) is 0 Å². The predicted octanol–water partition coefficient (Wildman–Crippen LogP) is -3.21. The number of aromatic nitrogens is 2. The summed E-state index contributed by atoms with van der Waals surface area (Å²) in [6.45, 7) is 0. The summed E-state index contributed by atoms with van der Waals surface area (Å²) in [4.78, 5) is 8.69. The van der Waals surface area contributed by atoms with Crippen molar-refractivity contribution in [2.45, 2.75) is 0 Å². The molecule has 0 N–H and O–H groups in total. The maximum atomic E-state index is 4.35. The van der Waals surface area contributed by atoms with E-state index >= 15 is 0 Å². The first-order valence-corrected chi connectivity index (χ1v) is 4.53. The Morgan fingerprint density at radius 1 is 0.647 bits per heavy atom. The van der Waals surface area contributed by atoms with Crippen LogP contribution in [0.25, 0.3) is 21.8 Å². The number of hydrogen-bond acceptors (Lipinski definition) is 2. The maximum absolute atomic E-state index is 4.35. The predicted molar refractivity (Wildman–Crippen MR) is 57.0 cm³/mol. The Kier molecular flexibility index (Phi) is 6.55. The van der Waals surface area contributed by atoms with Gasteiger partial charge in [0.15, 0.2) is 0 Å². The molecule has 0 saturated carbocycles. The number of halogens is 2. The quantitative estimate of drug-likeness (QED) is 0.315. The summed E-state index contributed by atoms with van der Waals surface area (Å²) < 4.78 is 0. The summed E-state index contributed by atoms with van der Waals surface area (Å²) in [5.74, 6) is 0. The maximum Gasteiger partial charge on any atom is 2.00 e. The molecule has 0 unspecified atom stereocenters. The molecule has 1 aromatic carbocycles. The van der Waals surface area contributed by atoms with Crippen molar-refractivity contribution < 1.29 is 44.3 Å². The van der Waals surface area contributed by atoms with E-state index in [2.05, 4.69) is 34.2 Å². The minimum atomic E-state index is 0. The topological polar surface area (TPSA) is 25.8 Å². The van der Waals surface area contributed by atoms with E-state index in [1.54, 1.807) is 12.4 Å². The fourth-order valence-electron chi connectivity index (χ4n) is 1.68. The molecular formula is C12H8Cl2N2Ru. The smallest absolute Gasteiger partial charge is 1.00 e. The standard InChI is InChI=1S/C12H8N2.2ClH.Ru/c1-3-9-5-6-10-4-2-8-14-12(10)11(9)13-7-1;;;/h1-8H;2*1H;/q;;;+2/p-2. The molecule has 5 heteroatoms. The van der Waals surface area contributed by atoms with Gasteiger partial charge in [0.2, 0.25) is 0 Å². The summed E-state index contributed by atoms with van der Waals surface area (Å²) in [5, 5.41) is 2.28. The fraction of sp³-hybridized carbons (Fsp3) is 0. The molecule has 17 heavy (non-hydrogen) atoms. The third-order valence-corrected chi connectivity index (χ3v) is 2.34. The van der Waals surface area contributed by atoms with Crippen molar-refractivity contribution in [1.29, 1.82) is 0 Å². The third-order valence-electron chi connectivity index (χ3n) is 2.34. The van der Waals surface area contributed by atoms with Crippen LogP contribution in [-0.4, -0.2) is 9.97 Å². The first kappa shape index (κ1) is 16.2. The minimum Gasteiger partial charge on any atom is -1.00 e. The molecule has 3 aromatic rings. The molecule has 0 atom stereocenters. The van der Waals surface area contributed by atoms with E-state index in [9.17, 15) is 0 Å².